The molecule has 5 aromatic rings. The molecule has 0 atom stereocenters. The molecule has 0 bridgehead atoms. The zero-order valence-electron chi connectivity index (χ0n) is 16.7. The minimum Gasteiger partial charge on any atom is -0.267 e. The van der Waals surface area contributed by atoms with Crippen LogP contribution in [-0.4, -0.2) is 19.2 Å². The van der Waals surface area contributed by atoms with Gasteiger partial charge in [0.2, 0.25) is 0 Å². The van der Waals surface area contributed by atoms with E-state index in [1.54, 1.807) is 10.6 Å². The van der Waals surface area contributed by atoms with E-state index in [0.29, 0.717) is 4.53 Å². The first-order valence-corrected chi connectivity index (χ1v) is 10.3. The number of rotatable bonds is 2. The fourth-order valence-electron chi connectivity index (χ4n) is 3.49. The SMILES string of the molecule is Cc1ccc(-n2cc(/C=c3/sc4nc5cc(C)c(C)cc5n4c3=O)cn2)cc1C. The van der Waals surface area contributed by atoms with E-state index in [9.17, 15) is 4.79 Å². The van der Waals surface area contributed by atoms with Gasteiger partial charge in [-0.3, -0.25) is 4.79 Å². The summed E-state index contributed by atoms with van der Waals surface area (Å²) in [6.07, 6.45) is 5.61. The second-order valence-corrected chi connectivity index (χ2v) is 8.57. The molecule has 0 N–H and O–H groups in total. The number of aryl methyl sites for hydroxylation is 4. The molecule has 0 radical (unpaired) electrons. The minimum atomic E-state index is -0.0327. The van der Waals surface area contributed by atoms with E-state index in [1.165, 1.54) is 28.0 Å². The number of thiazole rings is 1. The topological polar surface area (TPSA) is 52.2 Å². The van der Waals surface area contributed by atoms with Crippen molar-refractivity contribution in [1.82, 2.24) is 19.2 Å². The molecule has 5 nitrogen and oxygen atoms in total. The van der Waals surface area contributed by atoms with Gasteiger partial charge < -0.3 is 0 Å². The van der Waals surface area contributed by atoms with E-state index in [-0.39, 0.29) is 5.56 Å². The number of nitrogens with zero attached hydrogens (tertiary/aromatic N) is 4. The van der Waals surface area contributed by atoms with Crippen molar-refractivity contribution in [2.24, 2.45) is 0 Å². The van der Waals surface area contributed by atoms with Crippen LogP contribution in [0.3, 0.4) is 0 Å². The van der Waals surface area contributed by atoms with Crippen molar-refractivity contribution in [2.75, 3.05) is 0 Å². The monoisotopic (exact) mass is 400 g/mol. The van der Waals surface area contributed by atoms with Gasteiger partial charge in [-0.1, -0.05) is 17.4 Å². The first kappa shape index (κ1) is 17.8. The highest BCUT2D eigenvalue weighted by atomic mass is 32.1. The molecule has 0 amide bonds. The van der Waals surface area contributed by atoms with Gasteiger partial charge in [0.15, 0.2) is 4.96 Å². The molecule has 0 saturated heterocycles. The van der Waals surface area contributed by atoms with Gasteiger partial charge in [0.25, 0.3) is 5.56 Å². The lowest BCUT2D eigenvalue weighted by Gasteiger charge is -2.04. The summed E-state index contributed by atoms with van der Waals surface area (Å²) in [5.74, 6) is 0. The molecule has 144 valence electrons. The lowest BCUT2D eigenvalue weighted by molar-refractivity contribution is 0.878. The predicted octanol–water partition coefficient (Wildman–Crippen LogP) is 3.88. The Bertz CT molecular complexity index is 1520. The van der Waals surface area contributed by atoms with Crippen LogP contribution in [0.4, 0.5) is 0 Å². The molecule has 3 aromatic heterocycles. The predicted molar refractivity (Wildman–Crippen MR) is 118 cm³/mol. The van der Waals surface area contributed by atoms with Crippen LogP contribution in [-0.2, 0) is 0 Å². The highest BCUT2D eigenvalue weighted by Gasteiger charge is 2.12. The van der Waals surface area contributed by atoms with Gasteiger partial charge in [-0.05, 0) is 80.3 Å². The van der Waals surface area contributed by atoms with Crippen LogP contribution < -0.4 is 10.1 Å². The summed E-state index contributed by atoms with van der Waals surface area (Å²) < 4.78 is 4.21. The maximum atomic E-state index is 13.0. The Hall–Kier alpha value is -3.25. The van der Waals surface area contributed by atoms with Crippen molar-refractivity contribution >= 4 is 33.4 Å². The molecular weight excluding hydrogens is 380 g/mol. The van der Waals surface area contributed by atoms with E-state index in [0.717, 1.165) is 32.8 Å². The quantitative estimate of drug-likeness (QED) is 0.452. The van der Waals surface area contributed by atoms with Gasteiger partial charge in [0, 0.05) is 11.8 Å². The highest BCUT2D eigenvalue weighted by molar-refractivity contribution is 7.15. The second-order valence-electron chi connectivity index (χ2n) is 7.56. The molecule has 0 aliphatic heterocycles. The third kappa shape index (κ3) is 2.87. The van der Waals surface area contributed by atoms with Crippen LogP contribution in [0.15, 0.2) is 47.5 Å². The average Bonchev–Trinajstić information content (AvgIpc) is 3.35. The number of imidazole rings is 1. The van der Waals surface area contributed by atoms with Crippen molar-refractivity contribution in [1.29, 1.82) is 0 Å². The Morgan fingerprint density at radius 2 is 1.72 bits per heavy atom. The van der Waals surface area contributed by atoms with Gasteiger partial charge in [-0.15, -0.1) is 0 Å². The minimum absolute atomic E-state index is 0.0327. The van der Waals surface area contributed by atoms with E-state index in [4.69, 9.17) is 0 Å². The van der Waals surface area contributed by atoms with Gasteiger partial charge in [0.1, 0.15) is 0 Å². The maximum absolute atomic E-state index is 13.0. The fraction of sp³-hybridized carbons (Fsp3) is 0.174. The molecule has 0 aliphatic carbocycles. The van der Waals surface area contributed by atoms with Crippen LogP contribution in [0.2, 0.25) is 0 Å². The summed E-state index contributed by atoms with van der Waals surface area (Å²) in [6.45, 7) is 8.30. The molecule has 0 unspecified atom stereocenters. The lowest BCUT2D eigenvalue weighted by Crippen LogP contribution is -2.22. The summed E-state index contributed by atoms with van der Waals surface area (Å²) in [4.78, 5) is 18.4. The molecule has 0 aliphatic rings. The fourth-order valence-corrected chi connectivity index (χ4v) is 4.48. The standard InChI is InChI=1S/C23H20N4OS/c1-13-5-6-18(7-14(13)2)26-12-17(11-24-26)10-21-22(28)27-20-9-16(4)15(3)8-19(20)25-23(27)29-21/h5-12H,1-4H3/b21-10+. The van der Waals surface area contributed by atoms with Crippen LogP contribution in [0, 0.1) is 27.7 Å². The van der Waals surface area contributed by atoms with Crippen molar-refractivity contribution in [3.8, 4) is 5.69 Å². The smallest absolute Gasteiger partial charge is 0.267 e. The first-order valence-electron chi connectivity index (χ1n) is 9.47. The molecule has 6 heteroatoms. The number of fused-ring (bicyclic) bond motifs is 3. The summed E-state index contributed by atoms with van der Waals surface area (Å²) in [5.41, 5.74) is 8.42. The molecule has 5 rings (SSSR count). The number of aromatic nitrogens is 4. The molecule has 3 heterocycles. The average molecular weight is 401 g/mol. The first-order chi connectivity index (χ1) is 13.9. The number of hydrogen-bond acceptors (Lipinski definition) is 4. The van der Waals surface area contributed by atoms with Gasteiger partial charge in [-0.2, -0.15) is 5.10 Å². The number of hydrogen-bond donors (Lipinski definition) is 0. The summed E-state index contributed by atoms with van der Waals surface area (Å²) in [6, 6.07) is 10.3. The van der Waals surface area contributed by atoms with Crippen molar-refractivity contribution in [2.45, 2.75) is 27.7 Å². The van der Waals surface area contributed by atoms with E-state index < -0.39 is 0 Å². The van der Waals surface area contributed by atoms with Crippen molar-refractivity contribution in [3.05, 3.63) is 85.4 Å². The number of benzene rings is 2. The maximum Gasteiger partial charge on any atom is 0.274 e. The van der Waals surface area contributed by atoms with E-state index in [1.807, 2.05) is 35.2 Å². The second kappa shape index (κ2) is 6.39. The summed E-state index contributed by atoms with van der Waals surface area (Å²) >= 11 is 1.41. The largest absolute Gasteiger partial charge is 0.274 e. The van der Waals surface area contributed by atoms with Crippen LogP contribution >= 0.6 is 11.3 Å². The molecular formula is C23H20N4OS. The molecule has 2 aromatic carbocycles. The molecule has 0 fully saturated rings. The van der Waals surface area contributed by atoms with Crippen molar-refractivity contribution in [3.63, 3.8) is 0 Å². The molecule has 0 spiro atoms. The Kier molecular flexibility index (Phi) is 3.93. The van der Waals surface area contributed by atoms with E-state index >= 15 is 0 Å². The van der Waals surface area contributed by atoms with E-state index in [2.05, 4.69) is 49.9 Å². The van der Waals surface area contributed by atoms with Crippen LogP contribution in [0.25, 0.3) is 27.8 Å². The Labute approximate surface area is 171 Å². The normalized spacial score (nSPS) is 12.5. The Morgan fingerprint density at radius 3 is 2.52 bits per heavy atom. The van der Waals surface area contributed by atoms with Crippen molar-refractivity contribution < 1.29 is 0 Å². The lowest BCUT2D eigenvalue weighted by atomic mass is 10.1. The molecule has 0 saturated carbocycles. The zero-order valence-corrected chi connectivity index (χ0v) is 17.5. The van der Waals surface area contributed by atoms with Crippen LogP contribution in [0.5, 0.6) is 0 Å². The molecule has 29 heavy (non-hydrogen) atoms. The van der Waals surface area contributed by atoms with Gasteiger partial charge in [-0.25, -0.2) is 14.1 Å². The Balaban J connectivity index is 1.61. The van der Waals surface area contributed by atoms with Crippen LogP contribution in [0.1, 0.15) is 27.8 Å². The Morgan fingerprint density at radius 1 is 0.966 bits per heavy atom. The highest BCUT2D eigenvalue weighted by Crippen LogP contribution is 2.21. The van der Waals surface area contributed by atoms with Gasteiger partial charge in [0.05, 0.1) is 27.4 Å². The zero-order chi connectivity index (χ0) is 20.3. The van der Waals surface area contributed by atoms with Gasteiger partial charge >= 0.3 is 0 Å². The summed E-state index contributed by atoms with van der Waals surface area (Å²) in [5, 5.41) is 4.46. The third-order valence-electron chi connectivity index (χ3n) is 5.51. The third-order valence-corrected chi connectivity index (χ3v) is 6.48. The summed E-state index contributed by atoms with van der Waals surface area (Å²) in [7, 11) is 0.